The molecular formula is C21H14O9. The van der Waals surface area contributed by atoms with Crippen molar-refractivity contribution in [3.63, 3.8) is 0 Å². The molecule has 0 saturated heterocycles. The zero-order valence-corrected chi connectivity index (χ0v) is 15.4. The normalized spacial score (nSPS) is 17.9. The van der Waals surface area contributed by atoms with Gasteiger partial charge in [-0.2, -0.15) is 0 Å². The van der Waals surface area contributed by atoms with Crippen LogP contribution in [-0.4, -0.2) is 28.7 Å². The Bertz CT molecular complexity index is 1450. The highest BCUT2D eigenvalue weighted by molar-refractivity contribution is 5.88. The molecule has 1 aliphatic rings. The Labute approximate surface area is 166 Å². The van der Waals surface area contributed by atoms with Gasteiger partial charge in [0.1, 0.15) is 34.2 Å². The third-order valence-corrected chi connectivity index (χ3v) is 5.13. The molecule has 9 heteroatoms. The third-order valence-electron chi connectivity index (χ3n) is 5.13. The molecule has 2 atom stereocenters. The number of methoxy groups -OCH3 is 1. The van der Waals surface area contributed by atoms with Crippen molar-refractivity contribution in [3.05, 3.63) is 68.4 Å². The molecule has 30 heavy (non-hydrogen) atoms. The Morgan fingerprint density at radius 2 is 1.40 bits per heavy atom. The number of ether oxygens (including phenoxy) is 2. The minimum atomic E-state index is -1.17. The smallest absolute Gasteiger partial charge is 0.344 e. The Morgan fingerprint density at radius 3 is 2.03 bits per heavy atom. The SMILES string of the molecule is COC1Oc2c(c(=O)oc3ccc(O)cc23)C1c1c(O)c2cc(O)ccc2oc1=O. The van der Waals surface area contributed by atoms with E-state index < -0.39 is 29.2 Å². The van der Waals surface area contributed by atoms with E-state index in [-0.39, 0.29) is 44.9 Å². The van der Waals surface area contributed by atoms with Crippen LogP contribution in [0.25, 0.3) is 21.9 Å². The van der Waals surface area contributed by atoms with Crippen LogP contribution in [0.1, 0.15) is 17.0 Å². The van der Waals surface area contributed by atoms with E-state index in [1.165, 1.54) is 43.5 Å². The monoisotopic (exact) mass is 410 g/mol. The number of aromatic hydroxyl groups is 3. The van der Waals surface area contributed by atoms with Gasteiger partial charge in [0.2, 0.25) is 6.29 Å². The second-order valence-corrected chi connectivity index (χ2v) is 6.84. The van der Waals surface area contributed by atoms with E-state index >= 15 is 0 Å². The minimum Gasteiger partial charge on any atom is -0.508 e. The summed E-state index contributed by atoms with van der Waals surface area (Å²) in [4.78, 5) is 25.5. The van der Waals surface area contributed by atoms with E-state index in [1.807, 2.05) is 0 Å². The first-order valence-electron chi connectivity index (χ1n) is 8.87. The van der Waals surface area contributed by atoms with Gasteiger partial charge >= 0.3 is 11.3 Å². The molecule has 0 amide bonds. The van der Waals surface area contributed by atoms with Gasteiger partial charge in [-0.25, -0.2) is 9.59 Å². The fourth-order valence-corrected chi connectivity index (χ4v) is 3.82. The predicted molar refractivity (Wildman–Crippen MR) is 103 cm³/mol. The molecule has 0 bridgehead atoms. The van der Waals surface area contributed by atoms with Gasteiger partial charge in [-0.15, -0.1) is 0 Å². The summed E-state index contributed by atoms with van der Waals surface area (Å²) < 4.78 is 21.7. The molecule has 1 aliphatic heterocycles. The van der Waals surface area contributed by atoms with Crippen molar-refractivity contribution in [3.8, 4) is 23.0 Å². The number of rotatable bonds is 2. The van der Waals surface area contributed by atoms with Crippen LogP contribution < -0.4 is 16.0 Å². The van der Waals surface area contributed by atoms with E-state index in [2.05, 4.69) is 0 Å². The van der Waals surface area contributed by atoms with Crippen LogP contribution >= 0.6 is 0 Å². The second-order valence-electron chi connectivity index (χ2n) is 6.84. The highest BCUT2D eigenvalue weighted by Crippen LogP contribution is 2.47. The van der Waals surface area contributed by atoms with Gasteiger partial charge < -0.3 is 33.6 Å². The maximum Gasteiger partial charge on any atom is 0.344 e. The van der Waals surface area contributed by atoms with Crippen LogP contribution in [0.3, 0.4) is 0 Å². The Balaban J connectivity index is 1.85. The van der Waals surface area contributed by atoms with Gasteiger partial charge in [-0.1, -0.05) is 0 Å². The molecule has 0 saturated carbocycles. The van der Waals surface area contributed by atoms with Crippen molar-refractivity contribution in [1.29, 1.82) is 0 Å². The van der Waals surface area contributed by atoms with Crippen LogP contribution in [0.5, 0.6) is 23.0 Å². The van der Waals surface area contributed by atoms with E-state index in [0.717, 1.165) is 0 Å². The van der Waals surface area contributed by atoms with Gasteiger partial charge in [-0.3, -0.25) is 0 Å². The zero-order valence-electron chi connectivity index (χ0n) is 15.4. The number of hydrogen-bond acceptors (Lipinski definition) is 9. The fourth-order valence-electron chi connectivity index (χ4n) is 3.82. The summed E-state index contributed by atoms with van der Waals surface area (Å²) in [7, 11) is 1.32. The highest BCUT2D eigenvalue weighted by Gasteiger charge is 2.44. The standard InChI is InChI=1S/C21H14O9/c1-27-21-14(15-17(24)10-6-8(22)2-4-12(10)28-19(15)25)16-18(30-21)11-7-9(23)3-5-13(11)29-20(16)26/h2-7,14,21-24H,1H3. The maximum absolute atomic E-state index is 12.8. The van der Waals surface area contributed by atoms with Crippen LogP contribution in [0.2, 0.25) is 0 Å². The largest absolute Gasteiger partial charge is 0.508 e. The van der Waals surface area contributed by atoms with Crippen molar-refractivity contribution in [2.75, 3.05) is 7.11 Å². The minimum absolute atomic E-state index is 0.0537. The lowest BCUT2D eigenvalue weighted by Crippen LogP contribution is -2.28. The fraction of sp³-hybridized carbons (Fsp3) is 0.143. The molecule has 2 aromatic carbocycles. The Hall–Kier alpha value is -3.98. The molecule has 0 radical (unpaired) electrons. The molecule has 4 aromatic rings. The van der Waals surface area contributed by atoms with Crippen LogP contribution in [0.4, 0.5) is 0 Å². The number of phenols is 2. The Kier molecular flexibility index (Phi) is 3.77. The van der Waals surface area contributed by atoms with Crippen LogP contribution in [-0.2, 0) is 4.74 Å². The molecule has 5 rings (SSSR count). The van der Waals surface area contributed by atoms with E-state index in [1.54, 1.807) is 0 Å². The van der Waals surface area contributed by atoms with Crippen molar-refractivity contribution in [1.82, 2.24) is 0 Å². The molecule has 3 heterocycles. The zero-order chi connectivity index (χ0) is 21.2. The molecule has 3 N–H and O–H groups in total. The van der Waals surface area contributed by atoms with Gasteiger partial charge in [0.25, 0.3) is 0 Å². The van der Waals surface area contributed by atoms with E-state index in [9.17, 15) is 24.9 Å². The summed E-state index contributed by atoms with van der Waals surface area (Å²) in [5, 5.41) is 30.8. The van der Waals surface area contributed by atoms with Gasteiger partial charge in [-0.05, 0) is 36.4 Å². The van der Waals surface area contributed by atoms with Crippen LogP contribution in [0, 0.1) is 0 Å². The summed E-state index contributed by atoms with van der Waals surface area (Å²) in [6.07, 6.45) is -1.15. The lowest BCUT2D eigenvalue weighted by molar-refractivity contribution is -0.0472. The van der Waals surface area contributed by atoms with Gasteiger partial charge in [0, 0.05) is 7.11 Å². The first-order valence-corrected chi connectivity index (χ1v) is 8.87. The second kappa shape index (κ2) is 6.26. The molecule has 0 spiro atoms. The van der Waals surface area contributed by atoms with Crippen molar-refractivity contribution in [2.24, 2.45) is 0 Å². The summed E-state index contributed by atoms with van der Waals surface area (Å²) in [5.41, 5.74) is -1.78. The molecule has 152 valence electrons. The average molecular weight is 410 g/mol. The highest BCUT2D eigenvalue weighted by atomic mass is 16.7. The number of fused-ring (bicyclic) bond motifs is 4. The van der Waals surface area contributed by atoms with Crippen molar-refractivity contribution >= 4 is 21.9 Å². The quantitative estimate of drug-likeness (QED) is 0.425. The molecule has 2 aromatic heterocycles. The number of hydrogen-bond donors (Lipinski definition) is 3. The Morgan fingerprint density at radius 1 is 0.833 bits per heavy atom. The molecular weight excluding hydrogens is 396 g/mol. The van der Waals surface area contributed by atoms with Crippen molar-refractivity contribution < 1.29 is 33.6 Å². The van der Waals surface area contributed by atoms with Gasteiger partial charge in [0.15, 0.2) is 0 Å². The van der Waals surface area contributed by atoms with Crippen molar-refractivity contribution in [2.45, 2.75) is 12.2 Å². The lowest BCUT2D eigenvalue weighted by atomic mass is 9.92. The molecule has 9 nitrogen and oxygen atoms in total. The topological polar surface area (TPSA) is 140 Å². The van der Waals surface area contributed by atoms with E-state index in [4.69, 9.17) is 18.3 Å². The number of phenolic OH excluding ortho intramolecular Hbond substituents is 2. The first kappa shape index (κ1) is 18.1. The summed E-state index contributed by atoms with van der Waals surface area (Å²) in [6, 6.07) is 8.00. The number of benzene rings is 2. The summed E-state index contributed by atoms with van der Waals surface area (Å²) in [6.45, 7) is 0. The van der Waals surface area contributed by atoms with E-state index in [0.29, 0.717) is 5.39 Å². The molecule has 0 aliphatic carbocycles. The lowest BCUT2D eigenvalue weighted by Gasteiger charge is -2.17. The third kappa shape index (κ3) is 2.45. The average Bonchev–Trinajstić information content (AvgIpc) is 3.10. The molecule has 0 fully saturated rings. The summed E-state index contributed by atoms with van der Waals surface area (Å²) >= 11 is 0. The maximum atomic E-state index is 12.8. The van der Waals surface area contributed by atoms with Gasteiger partial charge in [0.05, 0.1) is 27.8 Å². The summed E-state index contributed by atoms with van der Waals surface area (Å²) in [5.74, 6) is -1.80. The van der Waals surface area contributed by atoms with Crippen LogP contribution in [0.15, 0.2) is 54.8 Å². The first-order chi connectivity index (χ1) is 14.4. The predicted octanol–water partition coefficient (Wildman–Crippen LogP) is 2.51. The molecule has 2 unspecified atom stereocenters.